The molecular formula is C24H20Cl2N4O2. The molecule has 162 valence electrons. The minimum absolute atomic E-state index is 0. The van der Waals surface area contributed by atoms with E-state index in [1.807, 2.05) is 54.1 Å². The quantitative estimate of drug-likeness (QED) is 0.414. The molecule has 0 saturated heterocycles. The number of hydrogen-bond acceptors (Lipinski definition) is 4. The van der Waals surface area contributed by atoms with E-state index in [0.29, 0.717) is 17.4 Å². The maximum atomic E-state index is 12.7. The van der Waals surface area contributed by atoms with E-state index in [9.17, 15) is 4.79 Å². The standard InChI is InChI=1S/C24H19ClN4O2.ClH/c1-28-22-11-18(6-7-21(22)27-24(28)20-10-16(20)13-26)29-9-8-19(12-23(29)30)31-14-15-2-4-17(25)5-3-15;/h2-9,11-12,16,20H,10,14H2,1H3;1H. The van der Waals surface area contributed by atoms with Crippen LogP contribution in [0.5, 0.6) is 5.75 Å². The fraction of sp³-hybridized carbons (Fsp3) is 0.208. The molecule has 1 fully saturated rings. The van der Waals surface area contributed by atoms with Crippen molar-refractivity contribution in [2.24, 2.45) is 13.0 Å². The van der Waals surface area contributed by atoms with Gasteiger partial charge in [-0.25, -0.2) is 4.98 Å². The summed E-state index contributed by atoms with van der Waals surface area (Å²) < 4.78 is 9.36. The SMILES string of the molecule is Cl.Cn1c(C2CC2C#N)nc2ccc(-n3ccc(OCc4ccc(Cl)cc4)cc3=O)cc21. The summed E-state index contributed by atoms with van der Waals surface area (Å²) in [4.78, 5) is 17.4. The zero-order valence-corrected chi connectivity index (χ0v) is 18.8. The van der Waals surface area contributed by atoms with Crippen molar-refractivity contribution < 1.29 is 4.74 Å². The van der Waals surface area contributed by atoms with Crippen LogP contribution < -0.4 is 10.3 Å². The Morgan fingerprint density at radius 3 is 2.66 bits per heavy atom. The molecule has 2 aromatic carbocycles. The van der Waals surface area contributed by atoms with Gasteiger partial charge < -0.3 is 9.30 Å². The van der Waals surface area contributed by atoms with Gasteiger partial charge in [-0.05, 0) is 48.4 Å². The maximum absolute atomic E-state index is 12.7. The fourth-order valence-corrected chi connectivity index (χ4v) is 3.94. The lowest BCUT2D eigenvalue weighted by Crippen LogP contribution is -2.16. The lowest BCUT2D eigenvalue weighted by molar-refractivity contribution is 0.305. The number of nitrogens with zero attached hydrogens (tertiary/aromatic N) is 4. The molecule has 2 heterocycles. The summed E-state index contributed by atoms with van der Waals surface area (Å²) in [6.45, 7) is 0.356. The van der Waals surface area contributed by atoms with Crippen LogP contribution in [0.25, 0.3) is 16.7 Å². The number of benzene rings is 2. The second-order valence-corrected chi connectivity index (χ2v) is 8.20. The summed E-state index contributed by atoms with van der Waals surface area (Å²) in [5, 5.41) is 9.79. The van der Waals surface area contributed by atoms with Crippen LogP contribution in [0, 0.1) is 17.2 Å². The minimum atomic E-state index is -0.179. The molecule has 0 bridgehead atoms. The normalized spacial score (nSPS) is 16.9. The van der Waals surface area contributed by atoms with Gasteiger partial charge in [0.15, 0.2) is 0 Å². The molecule has 2 atom stereocenters. The number of pyridine rings is 1. The van der Waals surface area contributed by atoms with Crippen molar-refractivity contribution in [2.75, 3.05) is 0 Å². The molecule has 5 rings (SSSR count). The first kappa shape index (κ1) is 21.9. The summed E-state index contributed by atoms with van der Waals surface area (Å²) in [6, 6.07) is 18.7. The van der Waals surface area contributed by atoms with E-state index in [-0.39, 0.29) is 29.8 Å². The van der Waals surface area contributed by atoms with Crippen molar-refractivity contribution in [1.82, 2.24) is 14.1 Å². The fourth-order valence-electron chi connectivity index (χ4n) is 3.81. The number of halogens is 2. The molecule has 0 N–H and O–H groups in total. The molecule has 8 heteroatoms. The third-order valence-corrected chi connectivity index (χ3v) is 5.93. The van der Waals surface area contributed by atoms with Gasteiger partial charge in [-0.2, -0.15) is 5.26 Å². The van der Waals surface area contributed by atoms with Crippen molar-refractivity contribution >= 4 is 35.0 Å². The highest BCUT2D eigenvalue weighted by Gasteiger charge is 2.41. The van der Waals surface area contributed by atoms with E-state index in [1.54, 1.807) is 16.8 Å². The number of ether oxygens (including phenoxy) is 1. The average molecular weight is 467 g/mol. The molecular weight excluding hydrogens is 447 g/mol. The van der Waals surface area contributed by atoms with Crippen LogP contribution in [0.2, 0.25) is 5.02 Å². The molecule has 1 aliphatic carbocycles. The average Bonchev–Trinajstić information content (AvgIpc) is 3.49. The smallest absolute Gasteiger partial charge is 0.258 e. The van der Waals surface area contributed by atoms with Crippen LogP contribution in [0.4, 0.5) is 0 Å². The van der Waals surface area contributed by atoms with Gasteiger partial charge >= 0.3 is 0 Å². The van der Waals surface area contributed by atoms with Crippen molar-refractivity contribution in [1.29, 1.82) is 5.26 Å². The van der Waals surface area contributed by atoms with E-state index >= 15 is 0 Å². The molecule has 2 aromatic heterocycles. The van der Waals surface area contributed by atoms with Crippen molar-refractivity contribution in [3.05, 3.63) is 87.6 Å². The number of imidazole rings is 1. The van der Waals surface area contributed by atoms with Crippen LogP contribution >= 0.6 is 24.0 Å². The Morgan fingerprint density at radius 1 is 1.19 bits per heavy atom. The second kappa shape index (κ2) is 8.70. The molecule has 1 saturated carbocycles. The van der Waals surface area contributed by atoms with Gasteiger partial charge in [0.05, 0.1) is 28.7 Å². The molecule has 6 nitrogen and oxygen atoms in total. The van der Waals surface area contributed by atoms with E-state index < -0.39 is 0 Å². The Hall–Kier alpha value is -3.27. The molecule has 32 heavy (non-hydrogen) atoms. The topological polar surface area (TPSA) is 72.8 Å². The van der Waals surface area contributed by atoms with E-state index in [2.05, 4.69) is 6.07 Å². The van der Waals surface area contributed by atoms with Gasteiger partial charge in [0.1, 0.15) is 18.2 Å². The first-order chi connectivity index (χ1) is 15.0. The van der Waals surface area contributed by atoms with Gasteiger partial charge in [-0.15, -0.1) is 12.4 Å². The van der Waals surface area contributed by atoms with Crippen LogP contribution in [-0.2, 0) is 13.7 Å². The summed E-state index contributed by atoms with van der Waals surface area (Å²) in [7, 11) is 1.96. The Bertz CT molecular complexity index is 1390. The van der Waals surface area contributed by atoms with Crippen molar-refractivity contribution in [3.63, 3.8) is 0 Å². The summed E-state index contributed by atoms with van der Waals surface area (Å²) in [5.74, 6) is 1.69. The molecule has 4 aromatic rings. The van der Waals surface area contributed by atoms with Crippen LogP contribution in [-0.4, -0.2) is 14.1 Å². The number of rotatable bonds is 5. The molecule has 1 aliphatic rings. The van der Waals surface area contributed by atoms with Gasteiger partial charge in [0.2, 0.25) is 0 Å². The number of aryl methyl sites for hydroxylation is 1. The first-order valence-corrected chi connectivity index (χ1v) is 10.4. The van der Waals surface area contributed by atoms with Gasteiger partial charge in [-0.1, -0.05) is 23.7 Å². The Labute approximate surface area is 196 Å². The van der Waals surface area contributed by atoms with E-state index in [0.717, 1.165) is 34.5 Å². The largest absolute Gasteiger partial charge is 0.489 e. The summed E-state index contributed by atoms with van der Waals surface area (Å²) in [5.41, 5.74) is 3.35. The highest BCUT2D eigenvalue weighted by Crippen LogP contribution is 2.46. The van der Waals surface area contributed by atoms with E-state index in [1.165, 1.54) is 6.07 Å². The maximum Gasteiger partial charge on any atom is 0.258 e. The van der Waals surface area contributed by atoms with Crippen molar-refractivity contribution in [2.45, 2.75) is 18.9 Å². The number of aromatic nitrogens is 3. The van der Waals surface area contributed by atoms with Crippen LogP contribution in [0.1, 0.15) is 23.7 Å². The second-order valence-electron chi connectivity index (χ2n) is 7.77. The third kappa shape index (κ3) is 4.10. The Balaban J connectivity index is 0.00000245. The van der Waals surface area contributed by atoms with Gasteiger partial charge in [0, 0.05) is 30.3 Å². The lowest BCUT2D eigenvalue weighted by atomic mass is 10.2. The Kier molecular flexibility index (Phi) is 5.96. The highest BCUT2D eigenvalue weighted by atomic mass is 35.5. The predicted octanol–water partition coefficient (Wildman–Crippen LogP) is 5.01. The van der Waals surface area contributed by atoms with Gasteiger partial charge in [-0.3, -0.25) is 9.36 Å². The highest BCUT2D eigenvalue weighted by molar-refractivity contribution is 6.30. The molecule has 0 aliphatic heterocycles. The third-order valence-electron chi connectivity index (χ3n) is 5.67. The van der Waals surface area contributed by atoms with Crippen LogP contribution in [0.3, 0.4) is 0 Å². The summed E-state index contributed by atoms with van der Waals surface area (Å²) in [6.07, 6.45) is 2.57. The molecule has 0 amide bonds. The summed E-state index contributed by atoms with van der Waals surface area (Å²) >= 11 is 5.90. The zero-order valence-electron chi connectivity index (χ0n) is 17.2. The number of hydrogen-bond donors (Lipinski definition) is 0. The van der Waals surface area contributed by atoms with Crippen LogP contribution in [0.15, 0.2) is 65.6 Å². The molecule has 0 spiro atoms. The Morgan fingerprint density at radius 2 is 1.97 bits per heavy atom. The predicted molar refractivity (Wildman–Crippen MR) is 126 cm³/mol. The van der Waals surface area contributed by atoms with Gasteiger partial charge in [0.25, 0.3) is 5.56 Å². The minimum Gasteiger partial charge on any atom is -0.489 e. The number of nitriles is 1. The lowest BCUT2D eigenvalue weighted by Gasteiger charge is -2.10. The molecule has 0 radical (unpaired) electrons. The van der Waals surface area contributed by atoms with E-state index in [4.69, 9.17) is 26.6 Å². The zero-order chi connectivity index (χ0) is 21.5. The first-order valence-electron chi connectivity index (χ1n) is 10.00. The number of fused-ring (bicyclic) bond motifs is 1. The molecule has 2 unspecified atom stereocenters. The van der Waals surface area contributed by atoms with Crippen molar-refractivity contribution in [3.8, 4) is 17.5 Å². The monoisotopic (exact) mass is 466 g/mol.